The molecule has 0 spiro atoms. The van der Waals surface area contributed by atoms with Crippen molar-refractivity contribution >= 4 is 11.8 Å². The molecular weight excluding hydrogens is 249 g/mol. The molecule has 19 heavy (non-hydrogen) atoms. The van der Waals surface area contributed by atoms with Gasteiger partial charge in [-0.2, -0.15) is 0 Å². The summed E-state index contributed by atoms with van der Waals surface area (Å²) in [4.78, 5) is 0. The van der Waals surface area contributed by atoms with E-state index in [9.17, 15) is 4.39 Å². The number of rotatable bonds is 4. The van der Waals surface area contributed by atoms with Crippen molar-refractivity contribution in [2.24, 2.45) is 5.16 Å². The van der Waals surface area contributed by atoms with Crippen LogP contribution in [0.3, 0.4) is 0 Å². The first-order valence-corrected chi connectivity index (χ1v) is 5.57. The summed E-state index contributed by atoms with van der Waals surface area (Å²) in [5.74, 6) is 1.01. The molecule has 0 aliphatic heterocycles. The fourth-order valence-corrected chi connectivity index (χ4v) is 1.33. The van der Waals surface area contributed by atoms with Gasteiger partial charge in [0, 0.05) is 6.07 Å². The molecule has 1 heterocycles. The van der Waals surface area contributed by atoms with Crippen molar-refractivity contribution in [2.75, 3.05) is 0 Å². The van der Waals surface area contributed by atoms with E-state index in [1.165, 1.54) is 24.3 Å². The Morgan fingerprint density at radius 1 is 1.26 bits per heavy atom. The summed E-state index contributed by atoms with van der Waals surface area (Å²) in [6.45, 7) is 1.65. The maximum absolute atomic E-state index is 12.7. The van der Waals surface area contributed by atoms with Gasteiger partial charge in [0.2, 0.25) is 0 Å². The Labute approximate surface area is 109 Å². The van der Waals surface area contributed by atoms with Gasteiger partial charge in [0.1, 0.15) is 17.3 Å². The number of halogens is 1. The van der Waals surface area contributed by atoms with E-state index in [1.807, 2.05) is 0 Å². The number of nitrogens with zero attached hydrogens (tertiary/aromatic N) is 1. The predicted molar refractivity (Wildman–Crippen MR) is 69.1 cm³/mol. The second kappa shape index (κ2) is 5.86. The van der Waals surface area contributed by atoms with Crippen molar-refractivity contribution in [1.82, 2.24) is 0 Å². The minimum Gasteiger partial charge on any atom is -0.426 e. The van der Waals surface area contributed by atoms with Crippen LogP contribution in [0.1, 0.15) is 12.7 Å². The molecule has 1 N–H and O–H groups in total. The summed E-state index contributed by atoms with van der Waals surface area (Å²) in [5, 5.41) is 11.5. The molecule has 5 heteroatoms. The Morgan fingerprint density at radius 2 is 2.00 bits per heavy atom. The van der Waals surface area contributed by atoms with Crippen LogP contribution in [-0.4, -0.2) is 10.9 Å². The van der Waals surface area contributed by atoms with Gasteiger partial charge in [-0.3, -0.25) is 0 Å². The SMILES string of the molecule is CC(/C=C/c1ccc(Oc2ccc(F)cc2)o1)=N\O. The molecule has 0 amide bonds. The molecule has 0 bridgehead atoms. The number of ether oxygens (including phenoxy) is 1. The molecular formula is C14H12FNO3. The summed E-state index contributed by atoms with van der Waals surface area (Å²) >= 11 is 0. The van der Waals surface area contributed by atoms with Gasteiger partial charge in [-0.1, -0.05) is 5.16 Å². The van der Waals surface area contributed by atoms with Crippen LogP contribution < -0.4 is 4.74 Å². The molecule has 0 atom stereocenters. The quantitative estimate of drug-likeness (QED) is 0.512. The number of allylic oxidation sites excluding steroid dienone is 1. The van der Waals surface area contributed by atoms with Gasteiger partial charge in [0.25, 0.3) is 5.95 Å². The highest BCUT2D eigenvalue weighted by Gasteiger charge is 2.02. The average molecular weight is 261 g/mol. The molecule has 0 aliphatic rings. The van der Waals surface area contributed by atoms with Crippen LogP contribution in [0.5, 0.6) is 11.7 Å². The Kier molecular flexibility index (Phi) is 3.97. The van der Waals surface area contributed by atoms with E-state index in [2.05, 4.69) is 5.16 Å². The minimum atomic E-state index is -0.325. The molecule has 0 aliphatic carbocycles. The van der Waals surface area contributed by atoms with Crippen LogP contribution in [0.25, 0.3) is 6.08 Å². The smallest absolute Gasteiger partial charge is 0.290 e. The van der Waals surface area contributed by atoms with Crippen molar-refractivity contribution in [2.45, 2.75) is 6.92 Å². The number of furan rings is 1. The normalized spacial score (nSPS) is 12.0. The summed E-state index contributed by atoms with van der Waals surface area (Å²) in [7, 11) is 0. The molecule has 0 unspecified atom stereocenters. The summed E-state index contributed by atoms with van der Waals surface area (Å²) < 4.78 is 23.5. The standard InChI is InChI=1S/C14H12FNO3/c1-10(16-17)2-5-12-8-9-14(18-12)19-13-6-3-11(15)4-7-13/h2-9,17H,1H3/b5-2+,16-10+. The lowest BCUT2D eigenvalue weighted by Crippen LogP contribution is -1.82. The summed E-state index contributed by atoms with van der Waals surface area (Å²) in [6, 6.07) is 8.99. The Balaban J connectivity index is 2.05. The van der Waals surface area contributed by atoms with Crippen LogP contribution >= 0.6 is 0 Å². The minimum absolute atomic E-state index is 0.296. The highest BCUT2D eigenvalue weighted by molar-refractivity contribution is 5.95. The third kappa shape index (κ3) is 3.70. The molecule has 1 aromatic carbocycles. The van der Waals surface area contributed by atoms with Gasteiger partial charge in [0.05, 0.1) is 5.71 Å². The molecule has 2 aromatic rings. The number of hydrogen-bond donors (Lipinski definition) is 1. The number of hydrogen-bond acceptors (Lipinski definition) is 4. The summed E-state index contributed by atoms with van der Waals surface area (Å²) in [5.41, 5.74) is 0.456. The van der Waals surface area contributed by atoms with E-state index in [0.29, 0.717) is 23.2 Å². The van der Waals surface area contributed by atoms with E-state index in [0.717, 1.165) is 0 Å². The second-order valence-electron chi connectivity index (χ2n) is 3.79. The van der Waals surface area contributed by atoms with Gasteiger partial charge in [-0.05, 0) is 49.4 Å². The Morgan fingerprint density at radius 3 is 2.68 bits per heavy atom. The van der Waals surface area contributed by atoms with Crippen molar-refractivity contribution in [3.8, 4) is 11.7 Å². The molecule has 0 radical (unpaired) electrons. The van der Waals surface area contributed by atoms with E-state index in [1.54, 1.807) is 31.2 Å². The van der Waals surface area contributed by atoms with Crippen LogP contribution in [0.2, 0.25) is 0 Å². The van der Waals surface area contributed by atoms with Crippen molar-refractivity contribution in [1.29, 1.82) is 0 Å². The van der Waals surface area contributed by atoms with E-state index < -0.39 is 0 Å². The first kappa shape index (κ1) is 12.9. The van der Waals surface area contributed by atoms with Crippen molar-refractivity contribution in [3.63, 3.8) is 0 Å². The Hall–Kier alpha value is -2.56. The Bertz CT molecular complexity index is 599. The van der Waals surface area contributed by atoms with Gasteiger partial charge < -0.3 is 14.4 Å². The maximum atomic E-state index is 12.7. The lowest BCUT2D eigenvalue weighted by molar-refractivity contribution is 0.319. The van der Waals surface area contributed by atoms with Gasteiger partial charge in [-0.15, -0.1) is 0 Å². The van der Waals surface area contributed by atoms with Crippen LogP contribution in [0, 0.1) is 5.82 Å². The zero-order chi connectivity index (χ0) is 13.7. The maximum Gasteiger partial charge on any atom is 0.290 e. The monoisotopic (exact) mass is 261 g/mol. The topological polar surface area (TPSA) is 55.0 Å². The summed E-state index contributed by atoms with van der Waals surface area (Å²) in [6.07, 6.45) is 3.24. The van der Waals surface area contributed by atoms with Crippen LogP contribution in [-0.2, 0) is 0 Å². The zero-order valence-electron chi connectivity index (χ0n) is 10.2. The first-order valence-electron chi connectivity index (χ1n) is 5.57. The first-order chi connectivity index (χ1) is 9.17. The van der Waals surface area contributed by atoms with Gasteiger partial charge in [-0.25, -0.2) is 4.39 Å². The number of oxime groups is 1. The third-order valence-corrected chi connectivity index (χ3v) is 2.28. The average Bonchev–Trinajstić information content (AvgIpc) is 2.86. The molecule has 0 saturated heterocycles. The van der Waals surface area contributed by atoms with Gasteiger partial charge in [0.15, 0.2) is 0 Å². The van der Waals surface area contributed by atoms with Crippen LogP contribution in [0.4, 0.5) is 4.39 Å². The van der Waals surface area contributed by atoms with E-state index in [4.69, 9.17) is 14.4 Å². The largest absolute Gasteiger partial charge is 0.426 e. The number of benzene rings is 1. The lowest BCUT2D eigenvalue weighted by atomic mass is 10.3. The molecule has 0 fully saturated rings. The van der Waals surface area contributed by atoms with E-state index >= 15 is 0 Å². The van der Waals surface area contributed by atoms with Gasteiger partial charge >= 0.3 is 0 Å². The van der Waals surface area contributed by atoms with Crippen molar-refractivity contribution in [3.05, 3.63) is 54.1 Å². The molecule has 0 saturated carbocycles. The predicted octanol–water partition coefficient (Wildman–Crippen LogP) is 4.07. The fourth-order valence-electron chi connectivity index (χ4n) is 1.33. The highest BCUT2D eigenvalue weighted by atomic mass is 19.1. The molecule has 4 nitrogen and oxygen atoms in total. The molecule has 98 valence electrons. The molecule has 2 rings (SSSR count). The highest BCUT2D eigenvalue weighted by Crippen LogP contribution is 2.24. The zero-order valence-corrected chi connectivity index (χ0v) is 10.2. The molecule has 1 aromatic heterocycles. The second-order valence-corrected chi connectivity index (χ2v) is 3.79. The lowest BCUT2D eigenvalue weighted by Gasteiger charge is -2.00. The third-order valence-electron chi connectivity index (χ3n) is 2.28. The van der Waals surface area contributed by atoms with E-state index in [-0.39, 0.29) is 5.82 Å². The van der Waals surface area contributed by atoms with Crippen molar-refractivity contribution < 1.29 is 18.8 Å². The fraction of sp³-hybridized carbons (Fsp3) is 0.0714. The van der Waals surface area contributed by atoms with Crippen LogP contribution in [0.15, 0.2) is 52.0 Å².